The highest BCUT2D eigenvalue weighted by Crippen LogP contribution is 2.38. The number of urea groups is 1. The Bertz CT molecular complexity index is 2510. The standard InChI is InChI=1S/C42H46N10O4.CH2O2/c53-40-16-22-50(42(55)46-40)36-4-1-3-35-32(36)15-21-49(35)29-13-19-48(20-14-29)18-12-27-6-8-30(9-7-27)51-26-28-23-33(37(24-34(28)47-51)56-31-10-11-31)41(54)45-39-25-43-38-5-2-17-44-52(38)39;2-1-3/h1-5,15,17,21,23-27,29-31H,6-14,16,18-20,22H2,(H,45,54)(H,46,53,55);1H,(H,2,3). The second kappa shape index (κ2) is 16.5. The zero-order chi connectivity index (χ0) is 40.5. The van der Waals surface area contributed by atoms with E-state index in [2.05, 4.69) is 59.4 Å². The van der Waals surface area contributed by atoms with E-state index in [1.165, 1.54) is 19.3 Å². The van der Waals surface area contributed by atoms with Gasteiger partial charge in [-0.25, -0.2) is 9.78 Å². The highest BCUT2D eigenvalue weighted by Gasteiger charge is 2.30. The van der Waals surface area contributed by atoms with Crippen LogP contribution in [-0.4, -0.2) is 95.6 Å². The van der Waals surface area contributed by atoms with Gasteiger partial charge in [0, 0.05) is 67.5 Å². The maximum atomic E-state index is 13.6. The average Bonchev–Trinajstić information content (AvgIpc) is 3.59. The monoisotopic (exact) mass is 800 g/mol. The van der Waals surface area contributed by atoms with Crippen LogP contribution in [0.2, 0.25) is 0 Å². The minimum absolute atomic E-state index is 0.139. The molecule has 4 aromatic heterocycles. The summed E-state index contributed by atoms with van der Waals surface area (Å²) in [7, 11) is 0. The first kappa shape index (κ1) is 38.2. The first-order chi connectivity index (χ1) is 28.8. The molecule has 0 bridgehead atoms. The van der Waals surface area contributed by atoms with Gasteiger partial charge in [0.1, 0.15) is 5.75 Å². The minimum Gasteiger partial charge on any atom is -0.490 e. The van der Waals surface area contributed by atoms with E-state index in [1.807, 2.05) is 36.4 Å². The third-order valence-electron chi connectivity index (χ3n) is 12.3. The molecule has 2 saturated heterocycles. The van der Waals surface area contributed by atoms with Gasteiger partial charge in [-0.05, 0) is 107 Å². The number of amides is 4. The lowest BCUT2D eigenvalue weighted by Gasteiger charge is -2.35. The van der Waals surface area contributed by atoms with Gasteiger partial charge in [-0.3, -0.25) is 29.3 Å². The molecule has 6 heterocycles. The normalized spacial score (nSPS) is 20.4. The van der Waals surface area contributed by atoms with Crippen molar-refractivity contribution >= 4 is 63.3 Å². The van der Waals surface area contributed by atoms with Crippen LogP contribution in [0.1, 0.15) is 86.6 Å². The Morgan fingerprint density at radius 3 is 2.56 bits per heavy atom. The molecule has 16 heteroatoms. The van der Waals surface area contributed by atoms with Gasteiger partial charge in [-0.1, -0.05) is 6.07 Å². The summed E-state index contributed by atoms with van der Waals surface area (Å²) in [5.41, 5.74) is 4.00. The van der Waals surface area contributed by atoms with Crippen LogP contribution in [-0.2, 0) is 9.59 Å². The van der Waals surface area contributed by atoms with E-state index in [0.29, 0.717) is 53.7 Å². The molecule has 2 saturated carbocycles. The van der Waals surface area contributed by atoms with Crippen LogP contribution in [0.5, 0.6) is 5.75 Å². The number of carbonyl (C=O) groups excluding carboxylic acids is 3. The Balaban J connectivity index is 0.00000145. The van der Waals surface area contributed by atoms with E-state index in [9.17, 15) is 14.4 Å². The molecule has 4 aliphatic rings. The Morgan fingerprint density at radius 1 is 0.966 bits per heavy atom. The molecule has 3 N–H and O–H groups in total. The maximum absolute atomic E-state index is 13.6. The lowest BCUT2D eigenvalue weighted by Crippen LogP contribution is -2.49. The van der Waals surface area contributed by atoms with Crippen LogP contribution in [0.25, 0.3) is 27.5 Å². The van der Waals surface area contributed by atoms with Gasteiger partial charge in [0.25, 0.3) is 12.4 Å². The number of ether oxygens (including phenoxy) is 1. The summed E-state index contributed by atoms with van der Waals surface area (Å²) in [6.45, 7) is 3.45. The van der Waals surface area contributed by atoms with Crippen LogP contribution in [0, 0.1) is 5.92 Å². The Morgan fingerprint density at radius 2 is 1.78 bits per heavy atom. The topological polar surface area (TPSA) is 181 Å². The number of nitrogens with zero attached hydrogens (tertiary/aromatic N) is 8. The first-order valence-electron chi connectivity index (χ1n) is 20.7. The number of hydrogen-bond donors (Lipinski definition) is 3. The number of fused-ring (bicyclic) bond motifs is 3. The highest BCUT2D eigenvalue weighted by atomic mass is 16.5. The molecule has 4 amide bonds. The fourth-order valence-corrected chi connectivity index (χ4v) is 9.00. The van der Waals surface area contributed by atoms with Crippen LogP contribution >= 0.6 is 0 Å². The van der Waals surface area contributed by atoms with Crippen LogP contribution in [0.4, 0.5) is 16.3 Å². The van der Waals surface area contributed by atoms with Gasteiger partial charge in [0.2, 0.25) is 5.91 Å². The molecule has 4 fully saturated rings. The smallest absolute Gasteiger partial charge is 0.328 e. The molecule has 10 rings (SSSR count). The number of nitrogens with one attached hydrogen (secondary N) is 2. The molecule has 0 spiro atoms. The van der Waals surface area contributed by atoms with E-state index < -0.39 is 0 Å². The Hall–Kier alpha value is -6.29. The van der Waals surface area contributed by atoms with Gasteiger partial charge >= 0.3 is 6.03 Å². The number of carboxylic acid groups (broad SMARTS) is 1. The molecule has 2 aliphatic carbocycles. The zero-order valence-electron chi connectivity index (χ0n) is 32.8. The Labute approximate surface area is 340 Å². The predicted molar refractivity (Wildman–Crippen MR) is 221 cm³/mol. The summed E-state index contributed by atoms with van der Waals surface area (Å²) >= 11 is 0. The fraction of sp³-hybridized carbons (Fsp3) is 0.419. The van der Waals surface area contributed by atoms with E-state index in [0.717, 1.165) is 85.7 Å². The number of hydrogen-bond acceptors (Lipinski definition) is 9. The predicted octanol–water partition coefficient (Wildman–Crippen LogP) is 6.43. The lowest BCUT2D eigenvalue weighted by atomic mass is 9.84. The summed E-state index contributed by atoms with van der Waals surface area (Å²) < 4.78 is 12.4. The van der Waals surface area contributed by atoms with Crippen molar-refractivity contribution in [1.29, 1.82) is 0 Å². The van der Waals surface area contributed by atoms with Gasteiger partial charge in [-0.2, -0.15) is 14.7 Å². The van der Waals surface area contributed by atoms with Crippen molar-refractivity contribution in [2.45, 2.75) is 82.4 Å². The van der Waals surface area contributed by atoms with Gasteiger partial charge in [-0.15, -0.1) is 0 Å². The second-order valence-electron chi connectivity index (χ2n) is 16.1. The summed E-state index contributed by atoms with van der Waals surface area (Å²) in [4.78, 5) is 54.9. The molecule has 6 aromatic rings. The third-order valence-corrected chi connectivity index (χ3v) is 12.3. The fourth-order valence-electron chi connectivity index (χ4n) is 9.00. The maximum Gasteiger partial charge on any atom is 0.328 e. The number of rotatable bonds is 10. The number of likely N-dealkylation sites (tertiary alicyclic amines) is 1. The molecule has 2 aliphatic heterocycles. The summed E-state index contributed by atoms with van der Waals surface area (Å²) in [5.74, 6) is 1.31. The number of imidazole rings is 1. The average molecular weight is 801 g/mol. The van der Waals surface area contributed by atoms with Crippen LogP contribution in [0.3, 0.4) is 0 Å². The molecule has 59 heavy (non-hydrogen) atoms. The molecule has 0 radical (unpaired) electrons. The molecule has 2 aromatic carbocycles. The molecule has 0 atom stereocenters. The van der Waals surface area contributed by atoms with Gasteiger partial charge in [0.05, 0.1) is 40.6 Å². The molecule has 16 nitrogen and oxygen atoms in total. The molecular weight excluding hydrogens is 753 g/mol. The number of carbonyl (C=O) groups is 4. The second-order valence-corrected chi connectivity index (χ2v) is 16.1. The van der Waals surface area contributed by atoms with Crippen LogP contribution < -0.4 is 20.3 Å². The van der Waals surface area contributed by atoms with E-state index in [1.54, 1.807) is 21.8 Å². The zero-order valence-corrected chi connectivity index (χ0v) is 32.8. The molecule has 0 unspecified atom stereocenters. The molecule has 306 valence electrons. The third kappa shape index (κ3) is 8.09. The SMILES string of the molecule is O=C1CCN(c2cccc3c2ccn3C2CCN(CCC3CCC(n4cc5cc(C(=O)Nc6cnc7cccnn67)c(OC6CC6)cc5n4)CC3)CC2)C(=O)N1.O=CO. The largest absolute Gasteiger partial charge is 0.490 e. The van der Waals surface area contributed by atoms with Crippen molar-refractivity contribution in [1.82, 2.24) is 39.2 Å². The number of piperidine rings is 1. The number of aromatic nitrogens is 6. The quantitative estimate of drug-likeness (QED) is 0.131. The lowest BCUT2D eigenvalue weighted by molar-refractivity contribution is -0.123. The van der Waals surface area contributed by atoms with E-state index in [-0.39, 0.29) is 30.4 Å². The van der Waals surface area contributed by atoms with Crippen molar-refractivity contribution < 1.29 is 29.0 Å². The molecular formula is C43H48N10O6. The number of anilines is 2. The highest BCUT2D eigenvalue weighted by molar-refractivity contribution is 6.10. The van der Waals surface area contributed by atoms with Gasteiger partial charge in [0.15, 0.2) is 11.5 Å². The summed E-state index contributed by atoms with van der Waals surface area (Å²) in [6, 6.07) is 16.2. The van der Waals surface area contributed by atoms with E-state index in [4.69, 9.17) is 19.7 Å². The summed E-state index contributed by atoms with van der Waals surface area (Å²) in [5, 5.41) is 23.6. The van der Waals surface area contributed by atoms with Crippen LogP contribution in [0.15, 0.2) is 73.3 Å². The van der Waals surface area contributed by atoms with Crippen molar-refractivity contribution in [3.8, 4) is 5.75 Å². The van der Waals surface area contributed by atoms with E-state index >= 15 is 0 Å². The van der Waals surface area contributed by atoms with Crippen molar-refractivity contribution in [3.05, 3.63) is 78.9 Å². The Kier molecular flexibility index (Phi) is 10.7. The minimum atomic E-state index is -0.345. The van der Waals surface area contributed by atoms with Crippen molar-refractivity contribution in [3.63, 3.8) is 0 Å². The first-order valence-corrected chi connectivity index (χ1v) is 20.7. The van der Waals surface area contributed by atoms with Crippen molar-refractivity contribution in [2.75, 3.05) is 36.4 Å². The number of imide groups is 1. The van der Waals surface area contributed by atoms with Crippen molar-refractivity contribution in [2.24, 2.45) is 5.92 Å². The summed E-state index contributed by atoms with van der Waals surface area (Å²) in [6.07, 6.45) is 18.0. The van der Waals surface area contributed by atoms with Gasteiger partial charge < -0.3 is 24.6 Å². The number of benzene rings is 2.